The van der Waals surface area contributed by atoms with Crippen molar-refractivity contribution in [3.63, 3.8) is 0 Å². The highest BCUT2D eigenvalue weighted by molar-refractivity contribution is 6.01. The lowest BCUT2D eigenvalue weighted by molar-refractivity contribution is 0.0730. The van der Waals surface area contributed by atoms with Crippen LogP contribution in [0.5, 0.6) is 5.75 Å². The largest absolute Gasteiger partial charge is 0.489 e. The van der Waals surface area contributed by atoms with Gasteiger partial charge in [0.25, 0.3) is 0 Å². The van der Waals surface area contributed by atoms with Crippen LogP contribution >= 0.6 is 0 Å². The zero-order valence-electron chi connectivity index (χ0n) is 7.78. The zero-order valence-corrected chi connectivity index (χ0v) is 7.78. The van der Waals surface area contributed by atoms with E-state index in [4.69, 9.17) is 4.74 Å². The third-order valence-corrected chi connectivity index (χ3v) is 2.58. The average molecular weight is 176 g/mol. The Kier molecular flexibility index (Phi) is 1.83. The van der Waals surface area contributed by atoms with E-state index >= 15 is 0 Å². The molecule has 1 aliphatic rings. The number of Topliss-reactive ketones (excluding diaryl/α,β-unsaturated/α-hetero) is 1. The minimum Gasteiger partial charge on any atom is -0.489 e. The van der Waals surface area contributed by atoms with Crippen LogP contribution in [0.15, 0.2) is 24.3 Å². The van der Waals surface area contributed by atoms with E-state index in [1.165, 1.54) is 0 Å². The molecule has 0 aliphatic carbocycles. The van der Waals surface area contributed by atoms with Gasteiger partial charge in [0.2, 0.25) is 0 Å². The molecule has 0 amide bonds. The minimum absolute atomic E-state index is 0.0117. The third kappa shape index (κ3) is 1.22. The standard InChI is InChI=1S/C11H12O2/c1-7-8(2)13-10-6-4-3-5-9(10)11(7)12/h3-8H,1-2H3/t7-,8-/m0/s1. The molecule has 2 rings (SSSR count). The fraction of sp³-hybridized carbons (Fsp3) is 0.364. The van der Waals surface area contributed by atoms with Gasteiger partial charge in [-0.2, -0.15) is 0 Å². The smallest absolute Gasteiger partial charge is 0.173 e. The highest BCUT2D eigenvalue weighted by Gasteiger charge is 2.30. The summed E-state index contributed by atoms with van der Waals surface area (Å²) in [5.74, 6) is 0.877. The van der Waals surface area contributed by atoms with Crippen molar-refractivity contribution in [2.45, 2.75) is 20.0 Å². The van der Waals surface area contributed by atoms with Crippen LogP contribution in [0.2, 0.25) is 0 Å². The van der Waals surface area contributed by atoms with Gasteiger partial charge in [0.1, 0.15) is 11.9 Å². The van der Waals surface area contributed by atoms with E-state index in [1.807, 2.05) is 38.1 Å². The number of ether oxygens (including phenoxy) is 1. The van der Waals surface area contributed by atoms with Crippen molar-refractivity contribution < 1.29 is 9.53 Å². The van der Waals surface area contributed by atoms with Gasteiger partial charge in [-0.05, 0) is 19.1 Å². The Morgan fingerprint density at radius 1 is 1.23 bits per heavy atom. The molecule has 0 saturated carbocycles. The molecule has 0 aromatic heterocycles. The van der Waals surface area contributed by atoms with Crippen molar-refractivity contribution in [1.29, 1.82) is 0 Å². The van der Waals surface area contributed by atoms with Gasteiger partial charge in [0, 0.05) is 0 Å². The molecule has 2 heteroatoms. The molecule has 1 aromatic carbocycles. The van der Waals surface area contributed by atoms with Crippen molar-refractivity contribution in [2.75, 3.05) is 0 Å². The molecule has 0 fully saturated rings. The molecule has 68 valence electrons. The second-order valence-electron chi connectivity index (χ2n) is 3.47. The molecule has 0 bridgehead atoms. The highest BCUT2D eigenvalue weighted by Crippen LogP contribution is 2.29. The molecule has 1 aromatic rings. The van der Waals surface area contributed by atoms with Crippen molar-refractivity contribution in [2.24, 2.45) is 5.92 Å². The number of carbonyl (C=O) groups is 1. The maximum absolute atomic E-state index is 11.7. The van der Waals surface area contributed by atoms with Crippen LogP contribution in [0.4, 0.5) is 0 Å². The zero-order chi connectivity index (χ0) is 9.42. The second kappa shape index (κ2) is 2.87. The number of fused-ring (bicyclic) bond motifs is 1. The van der Waals surface area contributed by atoms with Gasteiger partial charge in [-0.3, -0.25) is 4.79 Å². The molecule has 13 heavy (non-hydrogen) atoms. The molecule has 0 unspecified atom stereocenters. The summed E-state index contributed by atoms with van der Waals surface area (Å²) in [6, 6.07) is 7.41. The SMILES string of the molecule is C[C@@H]1Oc2ccccc2C(=O)[C@H]1C. The Balaban J connectivity index is 2.49. The van der Waals surface area contributed by atoms with Crippen LogP contribution in [-0.2, 0) is 0 Å². The van der Waals surface area contributed by atoms with E-state index in [0.717, 1.165) is 5.75 Å². The molecular weight excluding hydrogens is 164 g/mol. The summed E-state index contributed by atoms with van der Waals surface area (Å²) in [6.45, 7) is 3.83. The molecular formula is C11H12O2. The predicted octanol–water partition coefficient (Wildman–Crippen LogP) is 2.29. The number of benzene rings is 1. The Hall–Kier alpha value is -1.31. The molecule has 0 N–H and O–H groups in total. The summed E-state index contributed by atoms with van der Waals surface area (Å²) in [7, 11) is 0. The van der Waals surface area contributed by atoms with Crippen molar-refractivity contribution in [3.8, 4) is 5.75 Å². The number of ketones is 1. The summed E-state index contributed by atoms with van der Waals surface area (Å²) in [5, 5.41) is 0. The molecule has 0 saturated heterocycles. The van der Waals surface area contributed by atoms with E-state index < -0.39 is 0 Å². The van der Waals surface area contributed by atoms with Crippen molar-refractivity contribution >= 4 is 5.78 Å². The third-order valence-electron chi connectivity index (χ3n) is 2.58. The summed E-state index contributed by atoms with van der Waals surface area (Å²) in [6.07, 6.45) is -0.0117. The monoisotopic (exact) mass is 176 g/mol. The molecule has 0 radical (unpaired) electrons. The first-order chi connectivity index (χ1) is 6.20. The van der Waals surface area contributed by atoms with Crippen LogP contribution in [0.1, 0.15) is 24.2 Å². The molecule has 2 atom stereocenters. The Labute approximate surface area is 77.5 Å². The predicted molar refractivity (Wildman–Crippen MR) is 50.0 cm³/mol. The lowest BCUT2D eigenvalue weighted by Crippen LogP contribution is -2.33. The van der Waals surface area contributed by atoms with E-state index in [-0.39, 0.29) is 17.8 Å². The van der Waals surface area contributed by atoms with Crippen molar-refractivity contribution in [3.05, 3.63) is 29.8 Å². The van der Waals surface area contributed by atoms with Crippen LogP contribution < -0.4 is 4.74 Å². The number of hydrogen-bond acceptors (Lipinski definition) is 2. The minimum atomic E-state index is -0.0325. The van der Waals surface area contributed by atoms with Gasteiger partial charge >= 0.3 is 0 Å². The second-order valence-corrected chi connectivity index (χ2v) is 3.47. The van der Waals surface area contributed by atoms with Crippen LogP contribution in [-0.4, -0.2) is 11.9 Å². The summed E-state index contributed by atoms with van der Waals surface area (Å²) < 4.78 is 5.59. The van der Waals surface area contributed by atoms with Crippen LogP contribution in [0.25, 0.3) is 0 Å². The fourth-order valence-corrected chi connectivity index (χ4v) is 1.53. The van der Waals surface area contributed by atoms with Gasteiger partial charge in [-0.25, -0.2) is 0 Å². The highest BCUT2D eigenvalue weighted by atomic mass is 16.5. The van der Waals surface area contributed by atoms with Gasteiger partial charge in [-0.15, -0.1) is 0 Å². The molecule has 2 nitrogen and oxygen atoms in total. The normalized spacial score (nSPS) is 26.5. The van der Waals surface area contributed by atoms with E-state index in [1.54, 1.807) is 0 Å². The maximum Gasteiger partial charge on any atom is 0.173 e. The van der Waals surface area contributed by atoms with Crippen LogP contribution in [0, 0.1) is 5.92 Å². The first-order valence-corrected chi connectivity index (χ1v) is 4.50. The summed E-state index contributed by atoms with van der Waals surface area (Å²) in [4.78, 5) is 11.7. The van der Waals surface area contributed by atoms with E-state index in [9.17, 15) is 4.79 Å². The maximum atomic E-state index is 11.7. The number of carbonyl (C=O) groups excluding carboxylic acids is 1. The van der Waals surface area contributed by atoms with Gasteiger partial charge in [0.05, 0.1) is 11.5 Å². The Morgan fingerprint density at radius 2 is 1.92 bits per heavy atom. The van der Waals surface area contributed by atoms with E-state index in [0.29, 0.717) is 5.56 Å². The molecule has 0 spiro atoms. The van der Waals surface area contributed by atoms with Gasteiger partial charge in [-0.1, -0.05) is 19.1 Å². The van der Waals surface area contributed by atoms with Crippen molar-refractivity contribution in [1.82, 2.24) is 0 Å². The van der Waals surface area contributed by atoms with Crippen LogP contribution in [0.3, 0.4) is 0 Å². The Bertz CT molecular complexity index is 344. The fourth-order valence-electron chi connectivity index (χ4n) is 1.53. The summed E-state index contributed by atoms with van der Waals surface area (Å²) in [5.41, 5.74) is 0.716. The lowest BCUT2D eigenvalue weighted by Gasteiger charge is -2.27. The first kappa shape index (κ1) is 8.30. The Morgan fingerprint density at radius 3 is 2.69 bits per heavy atom. The molecule has 1 aliphatic heterocycles. The lowest BCUT2D eigenvalue weighted by atomic mass is 9.92. The molecule has 1 heterocycles. The average Bonchev–Trinajstić information content (AvgIpc) is 2.15. The topological polar surface area (TPSA) is 26.3 Å². The summed E-state index contributed by atoms with van der Waals surface area (Å²) >= 11 is 0. The van der Waals surface area contributed by atoms with Gasteiger partial charge < -0.3 is 4.74 Å². The first-order valence-electron chi connectivity index (χ1n) is 4.50. The quantitative estimate of drug-likeness (QED) is 0.606. The van der Waals surface area contributed by atoms with Gasteiger partial charge in [0.15, 0.2) is 5.78 Å². The van der Waals surface area contributed by atoms with E-state index in [2.05, 4.69) is 0 Å². The number of para-hydroxylation sites is 1. The number of hydrogen-bond donors (Lipinski definition) is 0. The number of rotatable bonds is 0.